The summed E-state index contributed by atoms with van der Waals surface area (Å²) in [5.41, 5.74) is 5.97. The number of nitrogens with two attached hydrogens (primary N) is 1. The summed E-state index contributed by atoms with van der Waals surface area (Å²) in [6, 6.07) is 6.02. The number of carbonyl (C=O) groups excluding carboxylic acids is 3. The maximum Gasteiger partial charge on any atom is 0.303 e. The highest BCUT2D eigenvalue weighted by molar-refractivity contribution is 6.30. The molecule has 4 N–H and O–H groups in total. The van der Waals surface area contributed by atoms with Gasteiger partial charge >= 0.3 is 5.97 Å². The quantitative estimate of drug-likeness (QED) is 0.533. The third kappa shape index (κ3) is 7.94. The van der Waals surface area contributed by atoms with Crippen molar-refractivity contribution < 1.29 is 24.3 Å². The van der Waals surface area contributed by atoms with E-state index in [1.807, 2.05) is 0 Å². The predicted molar refractivity (Wildman–Crippen MR) is 97.3 cm³/mol. The minimum absolute atomic E-state index is 0.0203. The summed E-state index contributed by atoms with van der Waals surface area (Å²) in [6.45, 7) is 1.49. The van der Waals surface area contributed by atoms with Crippen molar-refractivity contribution >= 4 is 41.2 Å². The number of amides is 2. The van der Waals surface area contributed by atoms with Gasteiger partial charge in [0.15, 0.2) is 5.78 Å². The van der Waals surface area contributed by atoms with Crippen LogP contribution in [-0.2, 0) is 19.2 Å². The van der Waals surface area contributed by atoms with Gasteiger partial charge in [0, 0.05) is 29.9 Å². The summed E-state index contributed by atoms with van der Waals surface area (Å²) in [7, 11) is 0. The number of aliphatic carboxylic acids is 1. The molecular weight excluding hydrogens is 360 g/mol. The van der Waals surface area contributed by atoms with Crippen molar-refractivity contribution in [3.63, 3.8) is 0 Å². The van der Waals surface area contributed by atoms with Gasteiger partial charge in [0.1, 0.15) is 0 Å². The molecule has 0 aromatic heterocycles. The van der Waals surface area contributed by atoms with Crippen molar-refractivity contribution in [2.75, 3.05) is 0 Å². The van der Waals surface area contributed by atoms with Crippen LogP contribution < -0.4 is 11.1 Å². The fraction of sp³-hybridized carbons (Fsp3) is 0.333. The van der Waals surface area contributed by atoms with E-state index in [9.17, 15) is 19.2 Å². The van der Waals surface area contributed by atoms with Gasteiger partial charge in [-0.2, -0.15) is 0 Å². The standard InChI is InChI=1S/C18H21ClN2O5/c1-11(15(22)10-13(18(20)26)5-9-17(24)25)21-16(23)8-4-12-2-6-14(19)7-3-12/h2-4,6-8,11,13H,5,9-10H2,1H3,(H2,20,26)(H,21,23)(H,24,25)/b8-4+/t11?,13-/m1/s1. The van der Waals surface area contributed by atoms with Gasteiger partial charge in [-0.1, -0.05) is 23.7 Å². The SMILES string of the molecule is CC(NC(=O)/C=C/c1ccc(Cl)cc1)C(=O)C[C@@H](CCC(=O)O)C(N)=O. The highest BCUT2D eigenvalue weighted by Gasteiger charge is 2.24. The van der Waals surface area contributed by atoms with Crippen molar-refractivity contribution in [2.24, 2.45) is 11.7 Å². The van der Waals surface area contributed by atoms with Gasteiger partial charge in [0.05, 0.1) is 6.04 Å². The molecule has 26 heavy (non-hydrogen) atoms. The predicted octanol–water partition coefficient (Wildman–Crippen LogP) is 1.78. The van der Waals surface area contributed by atoms with Crippen LogP contribution in [0, 0.1) is 5.92 Å². The van der Waals surface area contributed by atoms with E-state index < -0.39 is 35.5 Å². The van der Waals surface area contributed by atoms with Gasteiger partial charge in [-0.25, -0.2) is 0 Å². The first kappa shape index (κ1) is 21.4. The number of halogens is 1. The van der Waals surface area contributed by atoms with Crippen molar-refractivity contribution in [3.8, 4) is 0 Å². The average molecular weight is 381 g/mol. The summed E-state index contributed by atoms with van der Waals surface area (Å²) >= 11 is 5.78. The summed E-state index contributed by atoms with van der Waals surface area (Å²) in [6.07, 6.45) is 2.36. The van der Waals surface area contributed by atoms with E-state index in [0.29, 0.717) is 5.02 Å². The van der Waals surface area contributed by atoms with Crippen molar-refractivity contribution in [1.82, 2.24) is 5.32 Å². The summed E-state index contributed by atoms with van der Waals surface area (Å²) < 4.78 is 0. The Morgan fingerprint density at radius 3 is 2.38 bits per heavy atom. The van der Waals surface area contributed by atoms with E-state index in [1.54, 1.807) is 30.3 Å². The smallest absolute Gasteiger partial charge is 0.303 e. The monoisotopic (exact) mass is 380 g/mol. The molecule has 1 aromatic rings. The average Bonchev–Trinajstić information content (AvgIpc) is 2.57. The van der Waals surface area contributed by atoms with Crippen LogP contribution >= 0.6 is 11.6 Å². The fourth-order valence-corrected chi connectivity index (χ4v) is 2.28. The lowest BCUT2D eigenvalue weighted by atomic mass is 9.94. The zero-order chi connectivity index (χ0) is 19.7. The highest BCUT2D eigenvalue weighted by atomic mass is 35.5. The van der Waals surface area contributed by atoms with E-state index in [2.05, 4.69) is 5.32 Å². The molecule has 0 fully saturated rings. The van der Waals surface area contributed by atoms with Gasteiger partial charge in [-0.3, -0.25) is 19.2 Å². The maximum atomic E-state index is 12.1. The second-order valence-corrected chi connectivity index (χ2v) is 6.25. The van der Waals surface area contributed by atoms with E-state index >= 15 is 0 Å². The minimum atomic E-state index is -1.07. The van der Waals surface area contributed by atoms with E-state index in [4.69, 9.17) is 22.4 Å². The maximum absolute atomic E-state index is 12.1. The molecule has 8 heteroatoms. The van der Waals surface area contributed by atoms with Crippen molar-refractivity contribution in [3.05, 3.63) is 40.9 Å². The largest absolute Gasteiger partial charge is 0.481 e. The third-order valence-corrected chi connectivity index (χ3v) is 3.95. The van der Waals surface area contributed by atoms with Gasteiger partial charge in [0.2, 0.25) is 11.8 Å². The van der Waals surface area contributed by atoms with Crippen LogP contribution in [0.2, 0.25) is 5.02 Å². The Labute approximate surface area is 156 Å². The molecule has 0 heterocycles. The van der Waals surface area contributed by atoms with Crippen LogP contribution in [0.3, 0.4) is 0 Å². The number of Topliss-reactive ketones (excluding diaryl/α,β-unsaturated/α-hetero) is 1. The first-order valence-electron chi connectivity index (χ1n) is 7.97. The van der Waals surface area contributed by atoms with Crippen LogP contribution in [0.25, 0.3) is 6.08 Å². The molecule has 0 spiro atoms. The molecule has 0 aliphatic rings. The molecule has 7 nitrogen and oxygen atoms in total. The van der Waals surface area contributed by atoms with Crippen molar-refractivity contribution in [1.29, 1.82) is 0 Å². The molecule has 0 saturated heterocycles. The lowest BCUT2D eigenvalue weighted by Gasteiger charge is -2.15. The molecule has 0 bridgehead atoms. The third-order valence-electron chi connectivity index (χ3n) is 3.70. The number of benzene rings is 1. The van der Waals surface area contributed by atoms with Crippen LogP contribution in [0.15, 0.2) is 30.3 Å². The number of carboxylic acid groups (broad SMARTS) is 1. The molecule has 0 aliphatic heterocycles. The van der Waals surface area contributed by atoms with E-state index in [-0.39, 0.29) is 19.3 Å². The Hall–Kier alpha value is -2.67. The number of rotatable bonds is 10. The second kappa shape index (κ2) is 10.4. The number of carbonyl (C=O) groups is 4. The van der Waals surface area contributed by atoms with Crippen LogP contribution in [-0.4, -0.2) is 34.7 Å². The Kier molecular flexibility index (Phi) is 8.51. The summed E-state index contributed by atoms with van der Waals surface area (Å²) in [5.74, 6) is -3.55. The Balaban J connectivity index is 2.56. The normalized spacial score (nSPS) is 13.2. The van der Waals surface area contributed by atoms with Gasteiger partial charge in [-0.15, -0.1) is 0 Å². The van der Waals surface area contributed by atoms with Crippen LogP contribution in [0.5, 0.6) is 0 Å². The molecular formula is C18H21ClN2O5. The summed E-state index contributed by atoms with van der Waals surface area (Å²) in [4.78, 5) is 46.0. The topological polar surface area (TPSA) is 127 Å². The number of hydrogen-bond acceptors (Lipinski definition) is 4. The number of ketones is 1. The number of nitrogens with one attached hydrogen (secondary N) is 1. The first-order valence-corrected chi connectivity index (χ1v) is 8.34. The molecule has 1 rings (SSSR count). The first-order chi connectivity index (χ1) is 12.2. The lowest BCUT2D eigenvalue weighted by molar-refractivity contribution is -0.138. The Morgan fingerprint density at radius 2 is 1.85 bits per heavy atom. The molecule has 0 aliphatic carbocycles. The molecule has 2 amide bonds. The van der Waals surface area contributed by atoms with Gasteiger partial charge in [-0.05, 0) is 37.1 Å². The lowest BCUT2D eigenvalue weighted by Crippen LogP contribution is -2.39. The van der Waals surface area contributed by atoms with Gasteiger partial charge in [0.25, 0.3) is 0 Å². The zero-order valence-electron chi connectivity index (χ0n) is 14.3. The van der Waals surface area contributed by atoms with Crippen LogP contribution in [0.4, 0.5) is 0 Å². The van der Waals surface area contributed by atoms with E-state index in [0.717, 1.165) is 5.56 Å². The molecule has 0 radical (unpaired) electrons. The Morgan fingerprint density at radius 1 is 1.23 bits per heavy atom. The van der Waals surface area contributed by atoms with Gasteiger partial charge < -0.3 is 16.2 Å². The Bertz CT molecular complexity index is 700. The molecule has 0 saturated carbocycles. The molecule has 2 atom stereocenters. The van der Waals surface area contributed by atoms with Crippen molar-refractivity contribution in [2.45, 2.75) is 32.2 Å². The molecule has 1 unspecified atom stereocenters. The minimum Gasteiger partial charge on any atom is -0.481 e. The molecule has 1 aromatic carbocycles. The highest BCUT2D eigenvalue weighted by Crippen LogP contribution is 2.13. The number of carboxylic acids is 1. The number of primary amides is 1. The fourth-order valence-electron chi connectivity index (χ4n) is 2.15. The van der Waals surface area contributed by atoms with E-state index in [1.165, 1.54) is 13.0 Å². The summed E-state index contributed by atoms with van der Waals surface area (Å²) in [5, 5.41) is 11.7. The zero-order valence-corrected chi connectivity index (χ0v) is 15.0. The second-order valence-electron chi connectivity index (χ2n) is 5.82. The number of hydrogen-bond donors (Lipinski definition) is 3. The molecule has 140 valence electrons. The van der Waals surface area contributed by atoms with Crippen LogP contribution in [0.1, 0.15) is 31.7 Å².